The fourth-order valence-corrected chi connectivity index (χ4v) is 3.45. The van der Waals surface area contributed by atoms with Gasteiger partial charge in [0.15, 0.2) is 5.82 Å². The minimum absolute atomic E-state index is 0.326. The predicted octanol–water partition coefficient (Wildman–Crippen LogP) is 4.15. The fraction of sp³-hybridized carbons (Fsp3) is 0.250. The molecular formula is C20H21N3O2. The number of aryl methyl sites for hydroxylation is 2. The number of aromatic nitrogens is 2. The first kappa shape index (κ1) is 15.6. The molecule has 0 atom stereocenters. The largest absolute Gasteiger partial charge is 0.508 e. The second-order valence-corrected chi connectivity index (χ2v) is 6.36. The highest BCUT2D eigenvalue weighted by molar-refractivity contribution is 5.81. The third kappa shape index (κ3) is 2.61. The van der Waals surface area contributed by atoms with E-state index in [1.54, 1.807) is 0 Å². The Balaban J connectivity index is 1.71. The van der Waals surface area contributed by atoms with Crippen LogP contribution in [0.4, 0.5) is 11.5 Å². The average Bonchev–Trinajstić information content (AvgIpc) is 3.07. The first-order valence-corrected chi connectivity index (χ1v) is 8.45. The molecule has 2 aromatic carbocycles. The van der Waals surface area contributed by atoms with E-state index in [2.05, 4.69) is 16.5 Å². The summed E-state index contributed by atoms with van der Waals surface area (Å²) < 4.78 is 7.45. The van der Waals surface area contributed by atoms with Gasteiger partial charge in [0.1, 0.15) is 11.5 Å². The second-order valence-electron chi connectivity index (χ2n) is 6.36. The minimum Gasteiger partial charge on any atom is -0.508 e. The molecule has 4 rings (SSSR count). The number of anilines is 2. The van der Waals surface area contributed by atoms with Gasteiger partial charge in [0, 0.05) is 36.3 Å². The average molecular weight is 335 g/mol. The Morgan fingerprint density at radius 2 is 2.12 bits per heavy atom. The van der Waals surface area contributed by atoms with Crippen LogP contribution in [0.3, 0.4) is 0 Å². The lowest BCUT2D eigenvalue weighted by Gasteiger charge is -2.08. The van der Waals surface area contributed by atoms with Crippen molar-refractivity contribution in [2.24, 2.45) is 7.05 Å². The van der Waals surface area contributed by atoms with Crippen molar-refractivity contribution in [1.29, 1.82) is 0 Å². The van der Waals surface area contributed by atoms with E-state index in [0.29, 0.717) is 12.4 Å². The number of hydrogen-bond donors (Lipinski definition) is 2. The Labute approximate surface area is 146 Å². The van der Waals surface area contributed by atoms with Crippen molar-refractivity contribution < 1.29 is 9.84 Å². The number of rotatable bonds is 4. The highest BCUT2D eigenvalue weighted by Crippen LogP contribution is 2.43. The summed E-state index contributed by atoms with van der Waals surface area (Å²) in [4.78, 5) is 0. The van der Waals surface area contributed by atoms with E-state index >= 15 is 0 Å². The molecule has 1 heterocycles. The Morgan fingerprint density at radius 1 is 1.28 bits per heavy atom. The number of benzene rings is 2. The van der Waals surface area contributed by atoms with E-state index in [1.165, 1.54) is 5.56 Å². The zero-order chi connectivity index (χ0) is 17.6. The quantitative estimate of drug-likeness (QED) is 0.588. The maximum Gasteiger partial charge on any atom is 0.156 e. The molecule has 5 nitrogen and oxygen atoms in total. The lowest BCUT2D eigenvalue weighted by Crippen LogP contribution is -1.98. The van der Waals surface area contributed by atoms with E-state index in [1.807, 2.05) is 55.9 Å². The lowest BCUT2D eigenvalue weighted by molar-refractivity contribution is 0.340. The lowest BCUT2D eigenvalue weighted by atomic mass is 10.1. The van der Waals surface area contributed by atoms with Crippen LogP contribution in [-0.2, 0) is 13.5 Å². The van der Waals surface area contributed by atoms with Crippen LogP contribution in [0.15, 0.2) is 36.4 Å². The first-order chi connectivity index (χ1) is 12.1. The molecule has 0 bridgehead atoms. The van der Waals surface area contributed by atoms with Crippen molar-refractivity contribution in [2.75, 3.05) is 11.9 Å². The van der Waals surface area contributed by atoms with Gasteiger partial charge in [-0.3, -0.25) is 4.68 Å². The Kier molecular flexibility index (Phi) is 3.64. The summed E-state index contributed by atoms with van der Waals surface area (Å²) in [6.45, 7) is 4.54. The molecule has 0 amide bonds. The summed E-state index contributed by atoms with van der Waals surface area (Å²) in [7, 11) is 1.94. The zero-order valence-corrected chi connectivity index (χ0v) is 14.6. The molecule has 0 spiro atoms. The van der Waals surface area contributed by atoms with Crippen molar-refractivity contribution in [3.8, 4) is 22.8 Å². The number of phenols is 1. The molecule has 0 saturated carbocycles. The molecule has 3 aromatic rings. The number of fused-ring (bicyclic) bond motifs is 3. The van der Waals surface area contributed by atoms with Gasteiger partial charge in [-0.2, -0.15) is 5.10 Å². The minimum atomic E-state index is 0.326. The van der Waals surface area contributed by atoms with Crippen LogP contribution in [-0.4, -0.2) is 21.5 Å². The summed E-state index contributed by atoms with van der Waals surface area (Å²) in [6, 6.07) is 11.8. The summed E-state index contributed by atoms with van der Waals surface area (Å²) in [5.74, 6) is 2.01. The normalized spacial score (nSPS) is 12.0. The molecule has 128 valence electrons. The van der Waals surface area contributed by atoms with Crippen LogP contribution in [0.25, 0.3) is 11.3 Å². The predicted molar refractivity (Wildman–Crippen MR) is 98.7 cm³/mol. The van der Waals surface area contributed by atoms with Gasteiger partial charge in [0.25, 0.3) is 0 Å². The number of aromatic hydroxyl groups is 1. The third-order valence-corrected chi connectivity index (χ3v) is 4.60. The van der Waals surface area contributed by atoms with Crippen molar-refractivity contribution in [2.45, 2.75) is 20.3 Å². The number of nitrogens with one attached hydrogen (secondary N) is 1. The highest BCUT2D eigenvalue weighted by Gasteiger charge is 2.27. The molecule has 1 aliphatic carbocycles. The highest BCUT2D eigenvalue weighted by atomic mass is 16.5. The standard InChI is InChI=1S/C20H21N3O2/c1-4-25-15-7-5-6-14(10-15)21-20-17-9-13-8-12(2)18(24)11-16(13)19(17)23(3)22-20/h5-8,10-11,24H,4,9H2,1-3H3,(H,21,22). The zero-order valence-electron chi connectivity index (χ0n) is 14.6. The van der Waals surface area contributed by atoms with Crippen LogP contribution >= 0.6 is 0 Å². The van der Waals surface area contributed by atoms with Crippen LogP contribution in [0.2, 0.25) is 0 Å². The topological polar surface area (TPSA) is 59.3 Å². The Morgan fingerprint density at radius 3 is 2.92 bits per heavy atom. The van der Waals surface area contributed by atoms with Crippen molar-refractivity contribution in [3.05, 3.63) is 53.1 Å². The number of nitrogens with zero attached hydrogens (tertiary/aromatic N) is 2. The van der Waals surface area contributed by atoms with E-state index in [4.69, 9.17) is 4.74 Å². The summed E-state index contributed by atoms with van der Waals surface area (Å²) in [6.07, 6.45) is 0.813. The van der Waals surface area contributed by atoms with Crippen LogP contribution < -0.4 is 10.1 Å². The first-order valence-electron chi connectivity index (χ1n) is 8.45. The number of ether oxygens (including phenoxy) is 1. The van der Waals surface area contributed by atoms with Gasteiger partial charge in [-0.1, -0.05) is 12.1 Å². The van der Waals surface area contributed by atoms with E-state index in [-0.39, 0.29) is 0 Å². The van der Waals surface area contributed by atoms with Crippen LogP contribution in [0, 0.1) is 6.92 Å². The number of hydrogen-bond acceptors (Lipinski definition) is 4. The van der Waals surface area contributed by atoms with Gasteiger partial charge in [0.2, 0.25) is 0 Å². The summed E-state index contributed by atoms with van der Waals surface area (Å²) in [5.41, 5.74) is 6.35. The fourth-order valence-electron chi connectivity index (χ4n) is 3.45. The molecule has 0 saturated heterocycles. The summed E-state index contributed by atoms with van der Waals surface area (Å²) >= 11 is 0. The maximum atomic E-state index is 10.1. The summed E-state index contributed by atoms with van der Waals surface area (Å²) in [5, 5.41) is 18.1. The molecule has 0 fully saturated rings. The van der Waals surface area contributed by atoms with Crippen LogP contribution in [0.5, 0.6) is 11.5 Å². The van der Waals surface area contributed by atoms with Gasteiger partial charge >= 0.3 is 0 Å². The molecule has 0 unspecified atom stereocenters. The number of phenolic OH excluding ortho intramolecular Hbond substituents is 1. The molecule has 0 radical (unpaired) electrons. The van der Waals surface area contributed by atoms with Gasteiger partial charge in [-0.25, -0.2) is 0 Å². The third-order valence-electron chi connectivity index (χ3n) is 4.60. The van der Waals surface area contributed by atoms with E-state index < -0.39 is 0 Å². The molecule has 5 heteroatoms. The SMILES string of the molecule is CCOc1cccc(Nc2nn(C)c3c2Cc2cc(C)c(O)cc2-3)c1. The molecular weight excluding hydrogens is 314 g/mol. The van der Waals surface area contributed by atoms with Gasteiger partial charge in [0.05, 0.1) is 12.3 Å². The molecule has 1 aromatic heterocycles. The van der Waals surface area contributed by atoms with E-state index in [0.717, 1.165) is 46.1 Å². The molecule has 0 aliphatic heterocycles. The van der Waals surface area contributed by atoms with Gasteiger partial charge in [-0.05, 0) is 43.2 Å². The van der Waals surface area contributed by atoms with Crippen LogP contribution in [0.1, 0.15) is 23.6 Å². The van der Waals surface area contributed by atoms with Crippen molar-refractivity contribution in [1.82, 2.24) is 9.78 Å². The monoisotopic (exact) mass is 335 g/mol. The van der Waals surface area contributed by atoms with E-state index in [9.17, 15) is 5.11 Å². The molecule has 1 aliphatic rings. The van der Waals surface area contributed by atoms with Crippen molar-refractivity contribution >= 4 is 11.5 Å². The smallest absolute Gasteiger partial charge is 0.156 e. The van der Waals surface area contributed by atoms with Gasteiger partial charge in [-0.15, -0.1) is 0 Å². The van der Waals surface area contributed by atoms with Crippen molar-refractivity contribution in [3.63, 3.8) is 0 Å². The van der Waals surface area contributed by atoms with Gasteiger partial charge < -0.3 is 15.2 Å². The molecule has 25 heavy (non-hydrogen) atoms. The Hall–Kier alpha value is -2.95. The Bertz CT molecular complexity index is 960. The second kappa shape index (κ2) is 5.84. The maximum absolute atomic E-state index is 10.1. The molecule has 2 N–H and O–H groups in total.